The largest absolute Gasteiger partial charge is 0.497 e. The van der Waals surface area contributed by atoms with Gasteiger partial charge < -0.3 is 19.1 Å². The van der Waals surface area contributed by atoms with Crippen LogP contribution in [0.5, 0.6) is 5.75 Å². The van der Waals surface area contributed by atoms with Crippen LogP contribution in [0.3, 0.4) is 0 Å². The monoisotopic (exact) mass is 377 g/mol. The van der Waals surface area contributed by atoms with Gasteiger partial charge in [0.25, 0.3) is 11.5 Å². The number of nitrogens with zero attached hydrogens (tertiary/aromatic N) is 3. The number of pyridine rings is 1. The van der Waals surface area contributed by atoms with E-state index in [1.54, 1.807) is 26.4 Å². The Bertz CT molecular complexity index is 1060. The third-order valence-corrected chi connectivity index (χ3v) is 5.33. The lowest BCUT2D eigenvalue weighted by Crippen LogP contribution is -2.49. The summed E-state index contributed by atoms with van der Waals surface area (Å²) in [6.45, 7) is 2.81. The molecule has 2 heterocycles. The maximum atomic E-state index is 13.2. The average Bonchev–Trinajstić information content (AvgIpc) is 2.76. The summed E-state index contributed by atoms with van der Waals surface area (Å²) < 4.78 is 6.70. The molecule has 1 aliphatic rings. The summed E-state index contributed by atoms with van der Waals surface area (Å²) in [6.07, 6.45) is 1.66. The van der Waals surface area contributed by atoms with Crippen molar-refractivity contribution in [3.63, 3.8) is 0 Å². The Hall–Kier alpha value is -3.28. The van der Waals surface area contributed by atoms with Crippen LogP contribution >= 0.6 is 0 Å². The fraction of sp³-hybridized carbons (Fsp3) is 0.273. The molecule has 28 heavy (non-hydrogen) atoms. The number of hydrogen-bond donors (Lipinski definition) is 0. The Morgan fingerprint density at radius 2 is 1.57 bits per heavy atom. The van der Waals surface area contributed by atoms with Crippen LogP contribution in [0.15, 0.2) is 59.5 Å². The second-order valence-corrected chi connectivity index (χ2v) is 6.98. The van der Waals surface area contributed by atoms with E-state index in [0.29, 0.717) is 29.4 Å². The highest BCUT2D eigenvalue weighted by Crippen LogP contribution is 2.22. The van der Waals surface area contributed by atoms with Crippen molar-refractivity contribution in [2.45, 2.75) is 0 Å². The molecule has 1 aromatic heterocycles. The lowest BCUT2D eigenvalue weighted by Gasteiger charge is -2.36. The van der Waals surface area contributed by atoms with E-state index in [2.05, 4.69) is 4.90 Å². The van der Waals surface area contributed by atoms with Crippen LogP contribution in [0.4, 0.5) is 5.69 Å². The number of methoxy groups -OCH3 is 1. The highest BCUT2D eigenvalue weighted by molar-refractivity contribution is 6.06. The van der Waals surface area contributed by atoms with Crippen LogP contribution in [0.2, 0.25) is 0 Å². The van der Waals surface area contributed by atoms with Crippen molar-refractivity contribution >= 4 is 22.4 Å². The Morgan fingerprint density at radius 1 is 0.929 bits per heavy atom. The summed E-state index contributed by atoms with van der Waals surface area (Å²) in [5.41, 5.74) is 1.62. The van der Waals surface area contributed by atoms with E-state index >= 15 is 0 Å². The molecule has 0 spiro atoms. The highest BCUT2D eigenvalue weighted by atomic mass is 16.5. The summed E-state index contributed by atoms with van der Waals surface area (Å²) in [7, 11) is 3.34. The molecule has 0 saturated carbocycles. The van der Waals surface area contributed by atoms with Crippen molar-refractivity contribution in [2.24, 2.45) is 7.05 Å². The van der Waals surface area contributed by atoms with Gasteiger partial charge in [0.2, 0.25) is 0 Å². The first-order valence-electron chi connectivity index (χ1n) is 9.35. The van der Waals surface area contributed by atoms with Gasteiger partial charge in [-0.3, -0.25) is 9.59 Å². The fourth-order valence-corrected chi connectivity index (χ4v) is 3.72. The Labute approximate surface area is 163 Å². The van der Waals surface area contributed by atoms with Gasteiger partial charge in [-0.25, -0.2) is 0 Å². The van der Waals surface area contributed by atoms with E-state index in [1.807, 2.05) is 47.4 Å². The Kier molecular flexibility index (Phi) is 4.77. The minimum atomic E-state index is -0.0866. The predicted octanol–water partition coefficient (Wildman–Crippen LogP) is 2.51. The van der Waals surface area contributed by atoms with Gasteiger partial charge in [0.1, 0.15) is 5.75 Å². The number of fused-ring (bicyclic) bond motifs is 1. The molecule has 1 aliphatic heterocycles. The number of anilines is 1. The van der Waals surface area contributed by atoms with Crippen LogP contribution in [-0.2, 0) is 7.05 Å². The SMILES string of the molecule is COc1ccc(N2CCN(C(=O)c3cn(C)c(=O)c4ccccc34)CC2)cc1. The number of carbonyl (C=O) groups is 1. The molecule has 1 saturated heterocycles. The molecule has 0 bridgehead atoms. The van der Waals surface area contributed by atoms with Crippen LogP contribution in [0.25, 0.3) is 10.8 Å². The summed E-state index contributed by atoms with van der Waals surface area (Å²) in [5, 5.41) is 1.29. The van der Waals surface area contributed by atoms with E-state index in [1.165, 1.54) is 4.57 Å². The summed E-state index contributed by atoms with van der Waals surface area (Å²) in [5.74, 6) is 0.806. The second kappa shape index (κ2) is 7.38. The maximum Gasteiger partial charge on any atom is 0.258 e. The Balaban J connectivity index is 1.54. The second-order valence-electron chi connectivity index (χ2n) is 6.98. The molecule has 1 amide bonds. The minimum Gasteiger partial charge on any atom is -0.497 e. The molecule has 4 rings (SSSR count). The van der Waals surface area contributed by atoms with Crippen molar-refractivity contribution in [1.29, 1.82) is 0 Å². The van der Waals surface area contributed by atoms with Crippen molar-refractivity contribution in [1.82, 2.24) is 9.47 Å². The van der Waals surface area contributed by atoms with Gasteiger partial charge in [0.05, 0.1) is 12.7 Å². The zero-order chi connectivity index (χ0) is 19.7. The van der Waals surface area contributed by atoms with E-state index < -0.39 is 0 Å². The lowest BCUT2D eigenvalue weighted by molar-refractivity contribution is 0.0748. The first-order valence-corrected chi connectivity index (χ1v) is 9.35. The summed E-state index contributed by atoms with van der Waals surface area (Å²) >= 11 is 0. The molecule has 144 valence electrons. The van der Waals surface area contributed by atoms with Crippen molar-refractivity contribution in [3.8, 4) is 5.75 Å². The number of amides is 1. The zero-order valence-corrected chi connectivity index (χ0v) is 16.1. The Morgan fingerprint density at radius 3 is 2.21 bits per heavy atom. The number of rotatable bonds is 3. The normalized spacial score (nSPS) is 14.4. The van der Waals surface area contributed by atoms with Gasteiger partial charge in [0.15, 0.2) is 0 Å². The molecule has 1 fully saturated rings. The minimum absolute atomic E-state index is 0.0267. The molecule has 0 atom stereocenters. The van der Waals surface area contributed by atoms with Gasteiger partial charge in [-0.05, 0) is 30.3 Å². The topological polar surface area (TPSA) is 54.8 Å². The van der Waals surface area contributed by atoms with Crippen LogP contribution in [0, 0.1) is 0 Å². The van der Waals surface area contributed by atoms with Crippen molar-refractivity contribution in [2.75, 3.05) is 38.2 Å². The molecule has 0 aliphatic carbocycles. The predicted molar refractivity (Wildman–Crippen MR) is 110 cm³/mol. The fourth-order valence-electron chi connectivity index (χ4n) is 3.72. The molecular formula is C22H23N3O3. The first-order chi connectivity index (χ1) is 13.6. The van der Waals surface area contributed by atoms with Gasteiger partial charge in [0, 0.05) is 55.9 Å². The van der Waals surface area contributed by atoms with Gasteiger partial charge in [-0.15, -0.1) is 0 Å². The third kappa shape index (κ3) is 3.22. The van der Waals surface area contributed by atoms with Gasteiger partial charge >= 0.3 is 0 Å². The molecule has 2 aromatic carbocycles. The standard InChI is InChI=1S/C22H23N3O3/c1-23-15-20(18-5-3-4-6-19(18)21(23)26)22(27)25-13-11-24(12-14-25)16-7-9-17(28-2)10-8-16/h3-10,15H,11-14H2,1-2H3. The molecule has 3 aromatic rings. The first kappa shape index (κ1) is 18.1. The van der Waals surface area contributed by atoms with Gasteiger partial charge in [-0.1, -0.05) is 18.2 Å². The zero-order valence-electron chi connectivity index (χ0n) is 16.1. The quantitative estimate of drug-likeness (QED) is 0.704. The lowest BCUT2D eigenvalue weighted by atomic mass is 10.1. The van der Waals surface area contributed by atoms with E-state index in [9.17, 15) is 9.59 Å². The van der Waals surface area contributed by atoms with Crippen LogP contribution in [0.1, 0.15) is 10.4 Å². The summed E-state index contributed by atoms with van der Waals surface area (Å²) in [4.78, 5) is 29.7. The number of aryl methyl sites for hydroxylation is 1. The number of hydrogen-bond acceptors (Lipinski definition) is 4. The average molecular weight is 377 g/mol. The maximum absolute atomic E-state index is 13.2. The third-order valence-electron chi connectivity index (χ3n) is 5.33. The van der Waals surface area contributed by atoms with Crippen LogP contribution < -0.4 is 15.2 Å². The van der Waals surface area contributed by atoms with Crippen molar-refractivity contribution in [3.05, 3.63) is 70.6 Å². The number of ether oxygens (including phenoxy) is 1. The van der Waals surface area contributed by atoms with E-state index in [-0.39, 0.29) is 11.5 Å². The molecule has 0 radical (unpaired) electrons. The summed E-state index contributed by atoms with van der Waals surface area (Å²) in [6, 6.07) is 15.3. The highest BCUT2D eigenvalue weighted by Gasteiger charge is 2.24. The molecule has 6 heteroatoms. The van der Waals surface area contributed by atoms with E-state index in [0.717, 1.165) is 24.5 Å². The van der Waals surface area contributed by atoms with E-state index in [4.69, 9.17) is 4.74 Å². The number of piperazine rings is 1. The molecular weight excluding hydrogens is 354 g/mol. The number of carbonyl (C=O) groups excluding carboxylic acids is 1. The smallest absolute Gasteiger partial charge is 0.258 e. The number of aromatic nitrogens is 1. The van der Waals surface area contributed by atoms with Crippen LogP contribution in [-0.4, -0.2) is 48.7 Å². The molecule has 0 N–H and O–H groups in total. The van der Waals surface area contributed by atoms with Crippen molar-refractivity contribution < 1.29 is 9.53 Å². The molecule has 0 unspecified atom stereocenters. The van der Waals surface area contributed by atoms with Gasteiger partial charge in [-0.2, -0.15) is 0 Å². The number of benzene rings is 2. The molecule has 6 nitrogen and oxygen atoms in total.